The molecule has 0 saturated heterocycles. The Hall–Kier alpha value is -1.27. The van der Waals surface area contributed by atoms with Crippen molar-refractivity contribution in [1.82, 2.24) is 0 Å². The van der Waals surface area contributed by atoms with Gasteiger partial charge in [0.2, 0.25) is 5.91 Å². The molecule has 0 bridgehead atoms. The number of primary amides is 1. The van der Waals surface area contributed by atoms with Gasteiger partial charge in [0.1, 0.15) is 0 Å². The summed E-state index contributed by atoms with van der Waals surface area (Å²) in [6, 6.07) is 0. The minimum absolute atomic E-state index is 0.182. The Kier molecular flexibility index (Phi) is 8.70. The van der Waals surface area contributed by atoms with Gasteiger partial charge in [0.15, 0.2) is 0 Å². The second kappa shape index (κ2) is 8.07. The van der Waals surface area contributed by atoms with Crippen molar-refractivity contribution in [2.45, 2.75) is 38.8 Å². The molecule has 0 spiro atoms. The van der Waals surface area contributed by atoms with Crippen molar-refractivity contribution < 1.29 is 27.9 Å². The van der Waals surface area contributed by atoms with Gasteiger partial charge in [-0.1, -0.05) is 19.8 Å². The van der Waals surface area contributed by atoms with E-state index in [1.54, 1.807) is 0 Å². The molecule has 0 aliphatic rings. The number of nitrogens with two attached hydrogens (primary N) is 1. The summed E-state index contributed by atoms with van der Waals surface area (Å²) < 4.78 is 31.7. The largest absolute Gasteiger partial charge is 0.490 e. The molecule has 15 heavy (non-hydrogen) atoms. The van der Waals surface area contributed by atoms with Gasteiger partial charge in [-0.25, -0.2) is 4.79 Å². The fraction of sp³-hybridized carbons (Fsp3) is 0.750. The van der Waals surface area contributed by atoms with E-state index in [0.717, 1.165) is 19.3 Å². The maximum atomic E-state index is 10.6. The summed E-state index contributed by atoms with van der Waals surface area (Å²) in [6.07, 6.45) is -1.32. The first-order valence-electron chi connectivity index (χ1n) is 4.30. The topological polar surface area (TPSA) is 80.4 Å². The van der Waals surface area contributed by atoms with Gasteiger partial charge in [-0.15, -0.1) is 0 Å². The highest BCUT2D eigenvalue weighted by molar-refractivity contribution is 5.73. The molecule has 1 amide bonds. The number of halogens is 3. The fourth-order valence-electron chi connectivity index (χ4n) is 0.549. The zero-order valence-electron chi connectivity index (χ0n) is 8.30. The molecule has 0 saturated carbocycles. The van der Waals surface area contributed by atoms with E-state index < -0.39 is 12.1 Å². The van der Waals surface area contributed by atoms with E-state index in [1.165, 1.54) is 0 Å². The van der Waals surface area contributed by atoms with Crippen molar-refractivity contribution in [3.63, 3.8) is 0 Å². The Morgan fingerprint density at radius 3 is 1.87 bits per heavy atom. The number of unbranched alkanes of at least 4 members (excludes halogenated alkanes) is 2. The van der Waals surface area contributed by atoms with Gasteiger partial charge in [-0.3, -0.25) is 4.79 Å². The Bertz CT molecular complexity index is 204. The van der Waals surface area contributed by atoms with E-state index >= 15 is 0 Å². The van der Waals surface area contributed by atoms with Crippen molar-refractivity contribution >= 4 is 11.9 Å². The lowest BCUT2D eigenvalue weighted by Crippen LogP contribution is -2.21. The molecule has 0 aliphatic carbocycles. The SMILES string of the molecule is CCCCCC(N)=O.O=C(O)C(F)(F)F. The number of carbonyl (C=O) groups excluding carboxylic acids is 1. The van der Waals surface area contributed by atoms with Gasteiger partial charge >= 0.3 is 12.1 Å². The van der Waals surface area contributed by atoms with Crippen LogP contribution in [0.25, 0.3) is 0 Å². The Morgan fingerprint density at radius 2 is 1.67 bits per heavy atom. The summed E-state index contributed by atoms with van der Waals surface area (Å²) in [5.74, 6) is -2.94. The molecule has 0 fully saturated rings. The first kappa shape index (κ1) is 16.2. The predicted octanol–water partition coefficient (Wildman–Crippen LogP) is 1.69. The number of carboxylic acids is 1. The first-order chi connectivity index (χ1) is 6.71. The highest BCUT2D eigenvalue weighted by atomic mass is 19.4. The van der Waals surface area contributed by atoms with E-state index in [0.29, 0.717) is 6.42 Å². The number of alkyl halides is 3. The van der Waals surface area contributed by atoms with E-state index in [-0.39, 0.29) is 5.91 Å². The second-order valence-electron chi connectivity index (χ2n) is 2.73. The average molecular weight is 229 g/mol. The van der Waals surface area contributed by atoms with E-state index in [1.807, 2.05) is 0 Å². The lowest BCUT2D eigenvalue weighted by atomic mass is 10.2. The summed E-state index contributed by atoms with van der Waals surface area (Å²) in [4.78, 5) is 19.0. The first-order valence-corrected chi connectivity index (χ1v) is 4.30. The molecule has 0 radical (unpaired) electrons. The third kappa shape index (κ3) is 15.5. The molecule has 0 aromatic rings. The van der Waals surface area contributed by atoms with Crippen LogP contribution in [0.1, 0.15) is 32.6 Å². The molecule has 4 nitrogen and oxygen atoms in total. The van der Waals surface area contributed by atoms with E-state index in [2.05, 4.69) is 6.92 Å². The summed E-state index contributed by atoms with van der Waals surface area (Å²) in [7, 11) is 0. The Labute approximate surface area is 85.3 Å². The molecule has 0 heterocycles. The molecule has 0 aliphatic heterocycles. The lowest BCUT2D eigenvalue weighted by molar-refractivity contribution is -0.192. The van der Waals surface area contributed by atoms with Crippen LogP contribution >= 0.6 is 0 Å². The van der Waals surface area contributed by atoms with Crippen LogP contribution in [0.2, 0.25) is 0 Å². The molecule has 0 aromatic heterocycles. The zero-order chi connectivity index (χ0) is 12.5. The Balaban J connectivity index is 0. The van der Waals surface area contributed by atoms with Crippen LogP contribution in [0.15, 0.2) is 0 Å². The minimum atomic E-state index is -5.08. The van der Waals surface area contributed by atoms with Crippen LogP contribution in [0.4, 0.5) is 13.2 Å². The van der Waals surface area contributed by atoms with Gasteiger partial charge in [-0.05, 0) is 6.42 Å². The van der Waals surface area contributed by atoms with Crippen LogP contribution in [0.3, 0.4) is 0 Å². The third-order valence-corrected chi connectivity index (χ3v) is 1.27. The van der Waals surface area contributed by atoms with Crippen LogP contribution in [0.5, 0.6) is 0 Å². The van der Waals surface area contributed by atoms with Gasteiger partial charge in [0.05, 0.1) is 0 Å². The smallest absolute Gasteiger partial charge is 0.475 e. The van der Waals surface area contributed by atoms with Crippen molar-refractivity contribution in [2.24, 2.45) is 5.73 Å². The molecule has 0 rings (SSSR count). The summed E-state index contributed by atoms with van der Waals surface area (Å²) in [5.41, 5.74) is 4.89. The fourth-order valence-corrected chi connectivity index (χ4v) is 0.549. The average Bonchev–Trinajstić information content (AvgIpc) is 2.03. The van der Waals surface area contributed by atoms with Gasteiger partial charge < -0.3 is 10.8 Å². The van der Waals surface area contributed by atoms with Gasteiger partial charge in [0.25, 0.3) is 0 Å². The standard InChI is InChI=1S/C6H13NO.C2HF3O2/c1-2-3-4-5-6(7)8;3-2(4,5)1(6)7/h2-5H2,1H3,(H2,7,8);(H,6,7). The summed E-state index contributed by atoms with van der Waals surface area (Å²) >= 11 is 0. The van der Waals surface area contributed by atoms with Gasteiger partial charge in [0, 0.05) is 6.42 Å². The predicted molar refractivity (Wildman–Crippen MR) is 47.0 cm³/mol. The van der Waals surface area contributed by atoms with Crippen LogP contribution < -0.4 is 5.73 Å². The third-order valence-electron chi connectivity index (χ3n) is 1.27. The molecule has 90 valence electrons. The van der Waals surface area contributed by atoms with Crippen molar-refractivity contribution in [3.05, 3.63) is 0 Å². The van der Waals surface area contributed by atoms with Crippen LogP contribution in [-0.4, -0.2) is 23.2 Å². The quantitative estimate of drug-likeness (QED) is 0.720. The number of hydrogen-bond acceptors (Lipinski definition) is 2. The molecular formula is C8H14F3NO3. The molecule has 0 aromatic carbocycles. The van der Waals surface area contributed by atoms with Gasteiger partial charge in [-0.2, -0.15) is 13.2 Å². The van der Waals surface area contributed by atoms with E-state index in [4.69, 9.17) is 15.6 Å². The van der Waals surface area contributed by atoms with Crippen molar-refractivity contribution in [1.29, 1.82) is 0 Å². The molecule has 7 heteroatoms. The van der Waals surface area contributed by atoms with E-state index in [9.17, 15) is 18.0 Å². The zero-order valence-corrected chi connectivity index (χ0v) is 8.30. The normalized spacial score (nSPS) is 10.1. The maximum absolute atomic E-state index is 10.6. The molecule has 0 unspecified atom stereocenters. The molecule has 0 atom stereocenters. The number of carboxylic acid groups (broad SMARTS) is 1. The number of carbonyl (C=O) groups is 2. The van der Waals surface area contributed by atoms with Crippen molar-refractivity contribution in [3.8, 4) is 0 Å². The highest BCUT2D eigenvalue weighted by Crippen LogP contribution is 2.13. The van der Waals surface area contributed by atoms with Crippen LogP contribution in [-0.2, 0) is 9.59 Å². The second-order valence-corrected chi connectivity index (χ2v) is 2.73. The number of amides is 1. The number of hydrogen-bond donors (Lipinski definition) is 2. The molecule has 3 N–H and O–H groups in total. The summed E-state index contributed by atoms with van der Waals surface area (Å²) in [5, 5.41) is 7.12. The maximum Gasteiger partial charge on any atom is 0.490 e. The highest BCUT2D eigenvalue weighted by Gasteiger charge is 2.38. The summed E-state index contributed by atoms with van der Waals surface area (Å²) in [6.45, 7) is 2.10. The minimum Gasteiger partial charge on any atom is -0.475 e. The molecular weight excluding hydrogens is 215 g/mol. The number of aliphatic carboxylic acids is 1. The monoisotopic (exact) mass is 229 g/mol. The Morgan fingerprint density at radius 1 is 1.27 bits per heavy atom. The van der Waals surface area contributed by atoms with Crippen molar-refractivity contribution in [2.75, 3.05) is 0 Å². The van der Waals surface area contributed by atoms with Crippen LogP contribution in [0, 0.1) is 0 Å². The lowest BCUT2D eigenvalue weighted by Gasteiger charge is -1.93. The number of rotatable bonds is 4.